The molecule has 1 heterocycles. The third kappa shape index (κ3) is 3.88. The monoisotopic (exact) mass is 234 g/mol. The second kappa shape index (κ2) is 6.25. The first-order valence-electron chi connectivity index (χ1n) is 7.13. The minimum absolute atomic E-state index is 0.916. The maximum atomic E-state index is 3.61. The van der Waals surface area contributed by atoms with E-state index in [1.807, 2.05) is 0 Å². The Morgan fingerprint density at radius 2 is 2.06 bits per heavy atom. The maximum Gasteiger partial charge on any atom is 0.0220 e. The van der Waals surface area contributed by atoms with Crippen molar-refractivity contribution in [3.05, 3.63) is 24.0 Å². The van der Waals surface area contributed by atoms with Crippen LogP contribution in [0.2, 0.25) is 0 Å². The molecule has 0 saturated heterocycles. The highest BCUT2D eigenvalue weighted by Gasteiger charge is 2.17. The number of aromatic nitrogens is 1. The zero-order chi connectivity index (χ0) is 12.1. The molecule has 96 valence electrons. The van der Waals surface area contributed by atoms with Crippen LogP contribution in [0.1, 0.15) is 45.1 Å². The molecule has 2 heteroatoms. The molecule has 1 aliphatic carbocycles. The summed E-state index contributed by atoms with van der Waals surface area (Å²) in [7, 11) is 0. The summed E-state index contributed by atoms with van der Waals surface area (Å²) in [5.41, 5.74) is 1.41. The third-order valence-electron chi connectivity index (χ3n) is 4.07. The Bertz CT molecular complexity index is 321. The Kier molecular flexibility index (Phi) is 4.66. The highest BCUT2D eigenvalue weighted by atomic mass is 14.9. The Morgan fingerprint density at radius 1 is 1.29 bits per heavy atom. The summed E-state index contributed by atoms with van der Waals surface area (Å²) >= 11 is 0. The van der Waals surface area contributed by atoms with Gasteiger partial charge in [-0.2, -0.15) is 0 Å². The van der Waals surface area contributed by atoms with E-state index in [0.717, 1.165) is 24.9 Å². The number of rotatable bonds is 5. The van der Waals surface area contributed by atoms with Crippen LogP contribution in [-0.2, 0) is 13.1 Å². The predicted molar refractivity (Wildman–Crippen MR) is 72.9 cm³/mol. The van der Waals surface area contributed by atoms with Crippen LogP contribution in [0.4, 0.5) is 0 Å². The number of nitrogens with zero attached hydrogens (tertiary/aromatic N) is 1. The lowest BCUT2D eigenvalue weighted by Crippen LogP contribution is -2.25. The van der Waals surface area contributed by atoms with Crippen LogP contribution >= 0.6 is 0 Å². The third-order valence-corrected chi connectivity index (χ3v) is 4.07. The lowest BCUT2D eigenvalue weighted by molar-refractivity contribution is 0.281. The average molecular weight is 234 g/mol. The SMILES string of the molecule is CCn1ccc(CNCC2CCC(C)CC2)c1. The van der Waals surface area contributed by atoms with Crippen LogP contribution in [0.5, 0.6) is 0 Å². The maximum absolute atomic E-state index is 3.61. The van der Waals surface area contributed by atoms with Crippen LogP contribution in [0.25, 0.3) is 0 Å². The number of hydrogen-bond acceptors (Lipinski definition) is 1. The Labute approximate surface area is 105 Å². The van der Waals surface area contributed by atoms with E-state index in [2.05, 4.69) is 42.2 Å². The Balaban J connectivity index is 1.65. The van der Waals surface area contributed by atoms with Crippen LogP contribution < -0.4 is 5.32 Å². The molecule has 0 aromatic carbocycles. The molecule has 2 nitrogen and oxygen atoms in total. The number of hydrogen-bond donors (Lipinski definition) is 1. The molecule has 0 amide bonds. The molecule has 0 spiro atoms. The second-order valence-electron chi connectivity index (χ2n) is 5.61. The molecule has 1 aromatic heterocycles. The van der Waals surface area contributed by atoms with Crippen molar-refractivity contribution in [2.75, 3.05) is 6.54 Å². The van der Waals surface area contributed by atoms with Gasteiger partial charge in [0.2, 0.25) is 0 Å². The van der Waals surface area contributed by atoms with E-state index in [-0.39, 0.29) is 0 Å². The van der Waals surface area contributed by atoms with Gasteiger partial charge in [-0.15, -0.1) is 0 Å². The molecule has 2 rings (SSSR count). The molecule has 0 unspecified atom stereocenters. The van der Waals surface area contributed by atoms with Gasteiger partial charge in [-0.1, -0.05) is 19.8 Å². The van der Waals surface area contributed by atoms with Crippen LogP contribution in [0, 0.1) is 11.8 Å². The molecule has 1 N–H and O–H groups in total. The van der Waals surface area contributed by atoms with E-state index in [1.54, 1.807) is 0 Å². The van der Waals surface area contributed by atoms with Crippen molar-refractivity contribution < 1.29 is 0 Å². The lowest BCUT2D eigenvalue weighted by Gasteiger charge is -2.26. The summed E-state index contributed by atoms with van der Waals surface area (Å²) in [5, 5.41) is 3.61. The smallest absolute Gasteiger partial charge is 0.0220 e. The summed E-state index contributed by atoms with van der Waals surface area (Å²) in [6, 6.07) is 2.22. The standard InChI is InChI=1S/C15H26N2/c1-3-17-9-8-15(12-17)11-16-10-14-6-4-13(2)5-7-14/h8-9,12-14,16H,3-7,10-11H2,1-2H3. The van der Waals surface area contributed by atoms with Crippen molar-refractivity contribution in [2.45, 2.75) is 52.6 Å². The molecule has 1 fully saturated rings. The van der Waals surface area contributed by atoms with Crippen molar-refractivity contribution in [3.8, 4) is 0 Å². The van der Waals surface area contributed by atoms with Gasteiger partial charge in [0, 0.05) is 25.5 Å². The van der Waals surface area contributed by atoms with Gasteiger partial charge in [-0.25, -0.2) is 0 Å². The largest absolute Gasteiger partial charge is 0.354 e. The van der Waals surface area contributed by atoms with Gasteiger partial charge in [0.1, 0.15) is 0 Å². The molecule has 0 atom stereocenters. The van der Waals surface area contributed by atoms with Crippen molar-refractivity contribution >= 4 is 0 Å². The van der Waals surface area contributed by atoms with E-state index in [0.29, 0.717) is 0 Å². The zero-order valence-corrected chi connectivity index (χ0v) is 11.3. The zero-order valence-electron chi connectivity index (χ0n) is 11.3. The number of nitrogens with one attached hydrogen (secondary N) is 1. The minimum atomic E-state index is 0.916. The molecular weight excluding hydrogens is 208 g/mol. The minimum Gasteiger partial charge on any atom is -0.354 e. The number of aryl methyl sites for hydroxylation is 1. The Morgan fingerprint density at radius 3 is 2.71 bits per heavy atom. The lowest BCUT2D eigenvalue weighted by atomic mass is 9.83. The summed E-state index contributed by atoms with van der Waals surface area (Å²) < 4.78 is 2.24. The summed E-state index contributed by atoms with van der Waals surface area (Å²) in [6.07, 6.45) is 10.1. The van der Waals surface area contributed by atoms with Crippen LogP contribution in [0.3, 0.4) is 0 Å². The van der Waals surface area contributed by atoms with Crippen molar-refractivity contribution in [1.29, 1.82) is 0 Å². The van der Waals surface area contributed by atoms with Gasteiger partial charge in [-0.3, -0.25) is 0 Å². The van der Waals surface area contributed by atoms with Gasteiger partial charge in [0.15, 0.2) is 0 Å². The molecular formula is C15H26N2. The van der Waals surface area contributed by atoms with Gasteiger partial charge >= 0.3 is 0 Å². The molecule has 1 aromatic rings. The van der Waals surface area contributed by atoms with Gasteiger partial charge in [0.25, 0.3) is 0 Å². The quantitative estimate of drug-likeness (QED) is 0.826. The normalized spacial score (nSPS) is 25.1. The first-order valence-corrected chi connectivity index (χ1v) is 7.13. The first kappa shape index (κ1) is 12.7. The van der Waals surface area contributed by atoms with E-state index < -0.39 is 0 Å². The van der Waals surface area contributed by atoms with Crippen LogP contribution in [0.15, 0.2) is 18.5 Å². The molecule has 0 radical (unpaired) electrons. The molecule has 1 aliphatic rings. The van der Waals surface area contributed by atoms with Crippen molar-refractivity contribution in [3.63, 3.8) is 0 Å². The summed E-state index contributed by atoms with van der Waals surface area (Å²) in [5.74, 6) is 1.88. The fourth-order valence-electron chi connectivity index (χ4n) is 2.75. The van der Waals surface area contributed by atoms with E-state index >= 15 is 0 Å². The summed E-state index contributed by atoms with van der Waals surface area (Å²) in [4.78, 5) is 0. The van der Waals surface area contributed by atoms with Gasteiger partial charge in [0.05, 0.1) is 0 Å². The molecule has 0 aliphatic heterocycles. The predicted octanol–water partition coefficient (Wildman–Crippen LogP) is 3.42. The average Bonchev–Trinajstić information content (AvgIpc) is 2.80. The molecule has 17 heavy (non-hydrogen) atoms. The topological polar surface area (TPSA) is 17.0 Å². The molecule has 1 saturated carbocycles. The van der Waals surface area contributed by atoms with Crippen molar-refractivity contribution in [1.82, 2.24) is 9.88 Å². The summed E-state index contributed by atoms with van der Waals surface area (Å²) in [6.45, 7) is 7.86. The fraction of sp³-hybridized carbons (Fsp3) is 0.733. The fourth-order valence-corrected chi connectivity index (χ4v) is 2.75. The van der Waals surface area contributed by atoms with Crippen LogP contribution in [-0.4, -0.2) is 11.1 Å². The second-order valence-corrected chi connectivity index (χ2v) is 5.61. The first-order chi connectivity index (χ1) is 8.28. The van der Waals surface area contributed by atoms with E-state index in [4.69, 9.17) is 0 Å². The molecule has 0 bridgehead atoms. The van der Waals surface area contributed by atoms with Gasteiger partial charge in [-0.05, 0) is 49.8 Å². The highest BCUT2D eigenvalue weighted by Crippen LogP contribution is 2.27. The van der Waals surface area contributed by atoms with E-state index in [1.165, 1.54) is 37.8 Å². The van der Waals surface area contributed by atoms with Gasteiger partial charge < -0.3 is 9.88 Å². The highest BCUT2D eigenvalue weighted by molar-refractivity contribution is 5.09. The Hall–Kier alpha value is -0.760. The van der Waals surface area contributed by atoms with Crippen molar-refractivity contribution in [2.24, 2.45) is 11.8 Å². The van der Waals surface area contributed by atoms with E-state index in [9.17, 15) is 0 Å².